The number of carboxylic acids is 1. The van der Waals surface area contributed by atoms with Crippen molar-refractivity contribution in [2.45, 2.75) is 6.42 Å². The zero-order chi connectivity index (χ0) is 8.27. The molecule has 1 rings (SSSR count). The zero-order valence-corrected chi connectivity index (χ0v) is 5.95. The maximum absolute atomic E-state index is 10.2. The molecule has 1 aromatic rings. The van der Waals surface area contributed by atoms with Crippen LogP contribution in [-0.4, -0.2) is 18.9 Å². The molecule has 0 spiro atoms. The van der Waals surface area contributed by atoms with E-state index in [1.807, 2.05) is 0 Å². The second-order valence-electron chi connectivity index (χ2n) is 2.32. The normalized spacial score (nSPS) is 9.45. The molecule has 0 aliphatic heterocycles. The van der Waals surface area contributed by atoms with E-state index in [0.29, 0.717) is 5.46 Å². The van der Waals surface area contributed by atoms with E-state index in [9.17, 15) is 4.79 Å². The van der Waals surface area contributed by atoms with Crippen molar-refractivity contribution < 1.29 is 9.90 Å². The lowest BCUT2D eigenvalue weighted by atomic mass is 9.94. The van der Waals surface area contributed by atoms with E-state index in [-0.39, 0.29) is 6.42 Å². The number of carbonyl (C=O) groups is 1. The van der Waals surface area contributed by atoms with Gasteiger partial charge in [0.2, 0.25) is 0 Å². The summed E-state index contributed by atoms with van der Waals surface area (Å²) in [7, 11) is 5.44. The quantitative estimate of drug-likeness (QED) is 0.601. The average Bonchev–Trinajstić information content (AvgIpc) is 1.85. The summed E-state index contributed by atoms with van der Waals surface area (Å²) in [4.78, 5) is 10.2. The van der Waals surface area contributed by atoms with Gasteiger partial charge >= 0.3 is 5.97 Å². The standard InChI is InChI=1S/C8H7BO2/c9-7-3-1-2-6(4-7)5-8(10)11/h1-4H,5H2,(H,10,11). The van der Waals surface area contributed by atoms with Crippen molar-refractivity contribution in [3.8, 4) is 0 Å². The minimum Gasteiger partial charge on any atom is -0.481 e. The number of rotatable bonds is 2. The Morgan fingerprint density at radius 1 is 1.55 bits per heavy atom. The van der Waals surface area contributed by atoms with Gasteiger partial charge in [0.1, 0.15) is 7.85 Å². The molecule has 0 bridgehead atoms. The summed E-state index contributed by atoms with van der Waals surface area (Å²) in [6, 6.07) is 6.87. The van der Waals surface area contributed by atoms with E-state index < -0.39 is 5.97 Å². The number of carboxylic acid groups (broad SMARTS) is 1. The second kappa shape index (κ2) is 3.24. The fourth-order valence-electron chi connectivity index (χ4n) is 0.878. The molecule has 0 aliphatic carbocycles. The SMILES string of the molecule is [B]c1cccc(CC(=O)O)c1. The molecule has 1 N–H and O–H groups in total. The van der Waals surface area contributed by atoms with Gasteiger partial charge in [-0.25, -0.2) is 0 Å². The highest BCUT2D eigenvalue weighted by Gasteiger charge is 1.98. The fourth-order valence-corrected chi connectivity index (χ4v) is 0.878. The van der Waals surface area contributed by atoms with Crippen LogP contribution in [0.3, 0.4) is 0 Å². The van der Waals surface area contributed by atoms with E-state index in [2.05, 4.69) is 0 Å². The first-order valence-corrected chi connectivity index (χ1v) is 3.24. The Kier molecular flexibility index (Phi) is 2.31. The van der Waals surface area contributed by atoms with Crippen LogP contribution in [0.25, 0.3) is 0 Å². The molecule has 0 amide bonds. The van der Waals surface area contributed by atoms with Gasteiger partial charge in [-0.05, 0) is 5.56 Å². The molecule has 0 aromatic heterocycles. The first-order chi connectivity index (χ1) is 5.18. The van der Waals surface area contributed by atoms with Gasteiger partial charge in [-0.2, -0.15) is 0 Å². The lowest BCUT2D eigenvalue weighted by Gasteiger charge is -1.97. The van der Waals surface area contributed by atoms with Crippen LogP contribution < -0.4 is 5.46 Å². The van der Waals surface area contributed by atoms with Gasteiger partial charge in [0, 0.05) is 0 Å². The summed E-state index contributed by atoms with van der Waals surface area (Å²) in [5.41, 5.74) is 1.33. The summed E-state index contributed by atoms with van der Waals surface area (Å²) in [6.45, 7) is 0. The molecule has 0 unspecified atom stereocenters. The maximum Gasteiger partial charge on any atom is 0.307 e. The fraction of sp³-hybridized carbons (Fsp3) is 0.125. The molecule has 0 aliphatic rings. The minimum atomic E-state index is -0.837. The van der Waals surface area contributed by atoms with Crippen LogP contribution in [0.2, 0.25) is 0 Å². The Bertz CT molecular complexity index is 271. The van der Waals surface area contributed by atoms with Gasteiger partial charge < -0.3 is 5.11 Å². The van der Waals surface area contributed by atoms with Gasteiger partial charge in [0.25, 0.3) is 0 Å². The predicted molar refractivity (Wildman–Crippen MR) is 43.2 cm³/mol. The van der Waals surface area contributed by atoms with Gasteiger partial charge in [0.05, 0.1) is 6.42 Å². The lowest BCUT2D eigenvalue weighted by molar-refractivity contribution is -0.136. The number of hydrogen-bond donors (Lipinski definition) is 1. The Labute approximate surface area is 66.3 Å². The van der Waals surface area contributed by atoms with Crippen LogP contribution in [0, 0.1) is 0 Å². The van der Waals surface area contributed by atoms with Crippen molar-refractivity contribution in [1.82, 2.24) is 0 Å². The molecule has 2 radical (unpaired) electrons. The van der Waals surface area contributed by atoms with Gasteiger partial charge in [0.15, 0.2) is 0 Å². The van der Waals surface area contributed by atoms with Crippen LogP contribution in [0.1, 0.15) is 5.56 Å². The monoisotopic (exact) mass is 146 g/mol. The summed E-state index contributed by atoms with van der Waals surface area (Å²) in [6.07, 6.45) is 0.0328. The number of benzene rings is 1. The van der Waals surface area contributed by atoms with Crippen molar-refractivity contribution in [2.24, 2.45) is 0 Å². The van der Waals surface area contributed by atoms with E-state index in [1.54, 1.807) is 24.3 Å². The first-order valence-electron chi connectivity index (χ1n) is 3.24. The molecule has 0 saturated heterocycles. The summed E-state index contributed by atoms with van der Waals surface area (Å²) < 4.78 is 0. The minimum absolute atomic E-state index is 0.0328. The van der Waals surface area contributed by atoms with Crippen LogP contribution in [0.5, 0.6) is 0 Å². The molecule has 0 heterocycles. The molecule has 1 aromatic carbocycles. The van der Waals surface area contributed by atoms with Gasteiger partial charge in [-0.1, -0.05) is 29.7 Å². The molecular formula is C8H7BO2. The second-order valence-corrected chi connectivity index (χ2v) is 2.32. The largest absolute Gasteiger partial charge is 0.481 e. The van der Waals surface area contributed by atoms with E-state index in [0.717, 1.165) is 5.56 Å². The number of aliphatic carboxylic acids is 1. The predicted octanol–water partition coefficient (Wildman–Crippen LogP) is 0.108. The molecule has 3 heteroatoms. The highest BCUT2D eigenvalue weighted by molar-refractivity contribution is 6.32. The Hall–Kier alpha value is -1.25. The average molecular weight is 146 g/mol. The Morgan fingerprint density at radius 3 is 2.82 bits per heavy atom. The van der Waals surface area contributed by atoms with Crippen LogP contribution in [-0.2, 0) is 11.2 Å². The number of hydrogen-bond acceptors (Lipinski definition) is 1. The van der Waals surface area contributed by atoms with Gasteiger partial charge in [-0.15, -0.1) is 0 Å². The van der Waals surface area contributed by atoms with Crippen molar-refractivity contribution in [3.05, 3.63) is 29.8 Å². The first kappa shape index (κ1) is 7.86. The topological polar surface area (TPSA) is 37.3 Å². The summed E-state index contributed by atoms with van der Waals surface area (Å²) in [5, 5.41) is 8.42. The van der Waals surface area contributed by atoms with Crippen LogP contribution in [0.15, 0.2) is 24.3 Å². The molecule has 0 fully saturated rings. The molecule has 54 valence electrons. The van der Waals surface area contributed by atoms with Crippen molar-refractivity contribution in [3.63, 3.8) is 0 Å². The Morgan fingerprint density at radius 2 is 2.27 bits per heavy atom. The van der Waals surface area contributed by atoms with E-state index in [1.165, 1.54) is 0 Å². The smallest absolute Gasteiger partial charge is 0.307 e. The van der Waals surface area contributed by atoms with Crippen molar-refractivity contribution >= 4 is 19.3 Å². The third-order valence-electron chi connectivity index (χ3n) is 1.31. The van der Waals surface area contributed by atoms with E-state index in [4.69, 9.17) is 13.0 Å². The van der Waals surface area contributed by atoms with E-state index >= 15 is 0 Å². The third kappa shape index (κ3) is 2.46. The van der Waals surface area contributed by atoms with Crippen LogP contribution in [0.4, 0.5) is 0 Å². The molecule has 0 atom stereocenters. The highest BCUT2D eigenvalue weighted by atomic mass is 16.4. The highest BCUT2D eigenvalue weighted by Crippen LogP contribution is 1.96. The van der Waals surface area contributed by atoms with Gasteiger partial charge in [-0.3, -0.25) is 4.79 Å². The van der Waals surface area contributed by atoms with Crippen LogP contribution >= 0.6 is 0 Å². The lowest BCUT2D eigenvalue weighted by Crippen LogP contribution is -2.06. The van der Waals surface area contributed by atoms with Crippen molar-refractivity contribution in [2.75, 3.05) is 0 Å². The molecule has 0 saturated carbocycles. The molecule has 11 heavy (non-hydrogen) atoms. The molecular weight excluding hydrogens is 139 g/mol. The summed E-state index contributed by atoms with van der Waals surface area (Å²) >= 11 is 0. The third-order valence-corrected chi connectivity index (χ3v) is 1.31. The summed E-state index contributed by atoms with van der Waals surface area (Å²) in [5.74, 6) is -0.837. The van der Waals surface area contributed by atoms with Crippen molar-refractivity contribution in [1.29, 1.82) is 0 Å². The Balaban J connectivity index is 2.79. The maximum atomic E-state index is 10.2. The zero-order valence-electron chi connectivity index (χ0n) is 5.95. The molecule has 2 nitrogen and oxygen atoms in total.